The standard InChI is InChI=1S/C21H16F6N4O4/c1-34-19(33)30-13-5-3-12(4-6-13)29-17(32)16-10-31(18(35-16)21(25,26)27)14-7-2-11(9-28)15(8-14)20(22,23)24/h2-8,16,18H,10H2,1H3,(H,29,32)(H,30,33)/t16-,18+/m0/s1. The van der Waals surface area contributed by atoms with Crippen LogP contribution >= 0.6 is 0 Å². The molecule has 0 aliphatic carbocycles. The molecule has 186 valence electrons. The molecule has 0 aromatic heterocycles. The number of alkyl halides is 6. The van der Waals surface area contributed by atoms with E-state index in [-0.39, 0.29) is 5.69 Å². The average Bonchev–Trinajstić information content (AvgIpc) is 3.25. The highest BCUT2D eigenvalue weighted by atomic mass is 19.4. The van der Waals surface area contributed by atoms with Gasteiger partial charge in [-0.15, -0.1) is 0 Å². The summed E-state index contributed by atoms with van der Waals surface area (Å²) in [6.07, 6.45) is -15.1. The Morgan fingerprint density at radius 2 is 1.66 bits per heavy atom. The zero-order valence-corrected chi connectivity index (χ0v) is 17.7. The number of hydrogen-bond donors (Lipinski definition) is 2. The Morgan fingerprint density at radius 3 is 2.17 bits per heavy atom. The summed E-state index contributed by atoms with van der Waals surface area (Å²) >= 11 is 0. The van der Waals surface area contributed by atoms with Gasteiger partial charge < -0.3 is 19.7 Å². The number of nitrogens with one attached hydrogen (secondary N) is 2. The molecular formula is C21H16F6N4O4. The molecule has 1 aliphatic heterocycles. The number of benzene rings is 2. The van der Waals surface area contributed by atoms with Gasteiger partial charge >= 0.3 is 18.4 Å². The van der Waals surface area contributed by atoms with Crippen molar-refractivity contribution in [3.8, 4) is 6.07 Å². The van der Waals surface area contributed by atoms with E-state index in [1.807, 2.05) is 0 Å². The van der Waals surface area contributed by atoms with E-state index in [0.717, 1.165) is 19.2 Å². The summed E-state index contributed by atoms with van der Waals surface area (Å²) in [6, 6.07) is 8.92. The number of anilines is 3. The van der Waals surface area contributed by atoms with Gasteiger partial charge in [0.1, 0.15) is 0 Å². The number of carbonyl (C=O) groups excluding carboxylic acids is 2. The fourth-order valence-electron chi connectivity index (χ4n) is 3.26. The van der Waals surface area contributed by atoms with Crippen LogP contribution in [0.2, 0.25) is 0 Å². The lowest BCUT2D eigenvalue weighted by atomic mass is 10.1. The first-order valence-electron chi connectivity index (χ1n) is 9.69. The van der Waals surface area contributed by atoms with Gasteiger partial charge in [0.05, 0.1) is 30.9 Å². The Bertz CT molecular complexity index is 1140. The zero-order valence-electron chi connectivity index (χ0n) is 17.7. The first kappa shape index (κ1) is 25.6. The Kier molecular flexibility index (Phi) is 7.11. The van der Waals surface area contributed by atoms with Crippen LogP contribution in [0.25, 0.3) is 0 Å². The number of nitriles is 1. The number of ether oxygens (including phenoxy) is 2. The molecule has 2 atom stereocenters. The number of rotatable bonds is 4. The molecule has 0 bridgehead atoms. The molecule has 14 heteroatoms. The SMILES string of the molecule is COC(=O)Nc1ccc(NC(=O)[C@@H]2CN(c3ccc(C#N)c(C(F)(F)F)c3)[C@@H](C(F)(F)F)O2)cc1. The first-order chi connectivity index (χ1) is 16.3. The molecule has 1 heterocycles. The summed E-state index contributed by atoms with van der Waals surface area (Å²) in [6.45, 7) is -0.707. The van der Waals surface area contributed by atoms with Crippen LogP contribution in [0.3, 0.4) is 0 Å². The van der Waals surface area contributed by atoms with Gasteiger partial charge in [0, 0.05) is 17.1 Å². The van der Waals surface area contributed by atoms with Gasteiger partial charge in [0.15, 0.2) is 6.10 Å². The van der Waals surface area contributed by atoms with Gasteiger partial charge in [0.25, 0.3) is 5.91 Å². The highest BCUT2D eigenvalue weighted by Crippen LogP contribution is 2.39. The topological polar surface area (TPSA) is 104 Å². The minimum atomic E-state index is -5.04. The summed E-state index contributed by atoms with van der Waals surface area (Å²) < 4.78 is 89.9. The molecule has 1 saturated heterocycles. The largest absolute Gasteiger partial charge is 0.453 e. The summed E-state index contributed by atoms with van der Waals surface area (Å²) in [7, 11) is 1.16. The highest BCUT2D eigenvalue weighted by molar-refractivity contribution is 5.95. The lowest BCUT2D eigenvalue weighted by Gasteiger charge is -2.27. The van der Waals surface area contributed by atoms with Crippen LogP contribution in [0, 0.1) is 11.3 Å². The molecule has 0 radical (unpaired) electrons. The van der Waals surface area contributed by atoms with Crippen molar-refractivity contribution in [3.63, 3.8) is 0 Å². The maximum atomic E-state index is 13.6. The van der Waals surface area contributed by atoms with Crippen LogP contribution in [0.4, 0.5) is 48.2 Å². The lowest BCUT2D eigenvalue weighted by Crippen LogP contribution is -2.42. The minimum Gasteiger partial charge on any atom is -0.453 e. The summed E-state index contributed by atoms with van der Waals surface area (Å²) in [5.41, 5.74) is -2.21. The second-order valence-electron chi connectivity index (χ2n) is 7.19. The van der Waals surface area contributed by atoms with Crippen LogP contribution in [-0.2, 0) is 20.4 Å². The monoisotopic (exact) mass is 502 g/mol. The Morgan fingerprint density at radius 1 is 1.06 bits per heavy atom. The predicted molar refractivity (Wildman–Crippen MR) is 109 cm³/mol. The molecule has 2 N–H and O–H groups in total. The van der Waals surface area contributed by atoms with Gasteiger partial charge in [-0.3, -0.25) is 10.1 Å². The van der Waals surface area contributed by atoms with Gasteiger partial charge in [0.2, 0.25) is 6.23 Å². The predicted octanol–water partition coefficient (Wildman–Crippen LogP) is 4.49. The van der Waals surface area contributed by atoms with Gasteiger partial charge in [-0.1, -0.05) is 0 Å². The highest BCUT2D eigenvalue weighted by Gasteiger charge is 2.52. The van der Waals surface area contributed by atoms with Crippen molar-refractivity contribution in [1.29, 1.82) is 5.26 Å². The molecule has 8 nitrogen and oxygen atoms in total. The molecule has 3 rings (SSSR count). The normalized spacial score (nSPS) is 18.1. The van der Waals surface area contributed by atoms with E-state index in [4.69, 9.17) is 10.00 Å². The van der Waals surface area contributed by atoms with E-state index in [1.165, 1.54) is 30.3 Å². The van der Waals surface area contributed by atoms with Crippen LogP contribution in [0.15, 0.2) is 42.5 Å². The number of methoxy groups -OCH3 is 1. The Balaban J connectivity index is 1.81. The van der Waals surface area contributed by atoms with Crippen LogP contribution in [0.1, 0.15) is 11.1 Å². The molecule has 2 aromatic rings. The van der Waals surface area contributed by atoms with E-state index in [2.05, 4.69) is 15.4 Å². The van der Waals surface area contributed by atoms with Crippen molar-refractivity contribution in [1.82, 2.24) is 0 Å². The Labute approximate surface area is 194 Å². The van der Waals surface area contributed by atoms with E-state index in [1.54, 1.807) is 0 Å². The molecule has 0 unspecified atom stereocenters. The smallest absolute Gasteiger partial charge is 0.433 e. The third-order valence-corrected chi connectivity index (χ3v) is 4.86. The Hall–Kier alpha value is -3.99. The maximum Gasteiger partial charge on any atom is 0.433 e. The summed E-state index contributed by atoms with van der Waals surface area (Å²) in [5.74, 6) is -0.972. The van der Waals surface area contributed by atoms with Crippen LogP contribution in [0.5, 0.6) is 0 Å². The summed E-state index contributed by atoms with van der Waals surface area (Å²) in [5, 5.41) is 13.6. The van der Waals surface area contributed by atoms with Gasteiger partial charge in [-0.2, -0.15) is 31.6 Å². The van der Waals surface area contributed by atoms with Crippen LogP contribution < -0.4 is 15.5 Å². The third kappa shape index (κ3) is 5.93. The molecule has 2 amide bonds. The molecule has 1 aliphatic rings. The van der Waals surface area contributed by atoms with Crippen molar-refractivity contribution in [2.75, 3.05) is 29.2 Å². The van der Waals surface area contributed by atoms with Gasteiger partial charge in [-0.05, 0) is 42.5 Å². The second kappa shape index (κ2) is 9.71. The molecule has 2 aromatic carbocycles. The van der Waals surface area contributed by atoms with E-state index in [9.17, 15) is 35.9 Å². The van der Waals surface area contributed by atoms with E-state index in [0.29, 0.717) is 16.7 Å². The number of hydrogen-bond acceptors (Lipinski definition) is 6. The molecule has 1 fully saturated rings. The maximum absolute atomic E-state index is 13.6. The number of amides is 2. The second-order valence-corrected chi connectivity index (χ2v) is 7.19. The van der Waals surface area contributed by atoms with Gasteiger partial charge in [-0.25, -0.2) is 4.79 Å². The molecule has 0 spiro atoms. The quantitative estimate of drug-likeness (QED) is 0.598. The van der Waals surface area contributed by atoms with Crippen molar-refractivity contribution in [2.45, 2.75) is 24.7 Å². The lowest BCUT2D eigenvalue weighted by molar-refractivity contribution is -0.212. The first-order valence-corrected chi connectivity index (χ1v) is 9.69. The van der Waals surface area contributed by atoms with Crippen molar-refractivity contribution in [3.05, 3.63) is 53.6 Å². The van der Waals surface area contributed by atoms with Crippen LogP contribution in [-0.4, -0.2) is 44.2 Å². The van der Waals surface area contributed by atoms with E-state index >= 15 is 0 Å². The molecule has 0 saturated carbocycles. The number of nitrogens with zero attached hydrogens (tertiary/aromatic N) is 2. The van der Waals surface area contributed by atoms with Crippen molar-refractivity contribution in [2.24, 2.45) is 0 Å². The average molecular weight is 502 g/mol. The summed E-state index contributed by atoms with van der Waals surface area (Å²) in [4.78, 5) is 24.2. The molecule has 35 heavy (non-hydrogen) atoms. The number of carbonyl (C=O) groups is 2. The fraction of sp³-hybridized carbons (Fsp3) is 0.286. The zero-order chi connectivity index (χ0) is 26.0. The van der Waals surface area contributed by atoms with E-state index < -0.39 is 60.0 Å². The minimum absolute atomic E-state index is 0.161. The third-order valence-electron chi connectivity index (χ3n) is 4.86. The fourth-order valence-corrected chi connectivity index (χ4v) is 3.26. The van der Waals surface area contributed by atoms with Crippen molar-refractivity contribution >= 4 is 29.1 Å². The van der Waals surface area contributed by atoms with Crippen molar-refractivity contribution < 1.29 is 45.4 Å². The molecular weight excluding hydrogens is 486 g/mol. The number of halogens is 6.